The fourth-order valence-electron chi connectivity index (χ4n) is 2.07. The Hall–Kier alpha value is -2.90. The summed E-state index contributed by atoms with van der Waals surface area (Å²) in [6, 6.07) is 18.9. The number of hydrogen-bond acceptors (Lipinski definition) is 4. The van der Waals surface area contributed by atoms with Gasteiger partial charge in [0.1, 0.15) is 16.8 Å². The monoisotopic (exact) mass is 304 g/mol. The smallest absolute Gasteiger partial charge is 0.134 e. The van der Waals surface area contributed by atoms with Crippen molar-refractivity contribution in [1.29, 1.82) is 5.26 Å². The number of nitrogens with zero attached hydrogens (tertiary/aromatic N) is 2. The Bertz CT molecular complexity index is 860. The number of para-hydroxylation sites is 1. The van der Waals surface area contributed by atoms with E-state index in [0.717, 1.165) is 5.56 Å². The van der Waals surface area contributed by atoms with Crippen LogP contribution in [0, 0.1) is 11.3 Å². The van der Waals surface area contributed by atoms with Gasteiger partial charge in [0.25, 0.3) is 0 Å². The van der Waals surface area contributed by atoms with Crippen LogP contribution in [0.3, 0.4) is 0 Å². The molecule has 0 spiro atoms. The van der Waals surface area contributed by atoms with Crippen molar-refractivity contribution in [2.75, 3.05) is 0 Å². The Kier molecular flexibility index (Phi) is 3.99. The normalized spacial score (nSPS) is 11.1. The quantitative estimate of drug-likeness (QED) is 0.720. The summed E-state index contributed by atoms with van der Waals surface area (Å²) in [4.78, 5) is 4.48. The van der Waals surface area contributed by atoms with Crippen molar-refractivity contribution in [1.82, 2.24) is 4.98 Å². The van der Waals surface area contributed by atoms with Crippen molar-refractivity contribution in [3.8, 4) is 23.1 Å². The molecule has 1 aromatic heterocycles. The van der Waals surface area contributed by atoms with Crippen LogP contribution < -0.4 is 0 Å². The predicted octanol–water partition coefficient (Wildman–Crippen LogP) is 4.58. The Balaban J connectivity index is 1.98. The SMILES string of the molecule is N#CC(=Cc1ccccc1)c1nc(-c2ccccc2O)cs1. The molecule has 3 rings (SSSR count). The van der Waals surface area contributed by atoms with Crippen LogP contribution in [-0.2, 0) is 0 Å². The number of aromatic nitrogens is 1. The molecular formula is C18H12N2OS. The number of rotatable bonds is 3. The van der Waals surface area contributed by atoms with Gasteiger partial charge in [-0.3, -0.25) is 0 Å². The Morgan fingerprint density at radius 2 is 1.82 bits per heavy atom. The van der Waals surface area contributed by atoms with Crippen molar-refractivity contribution in [3.05, 3.63) is 70.5 Å². The Morgan fingerprint density at radius 3 is 2.55 bits per heavy atom. The predicted molar refractivity (Wildman–Crippen MR) is 89.1 cm³/mol. The van der Waals surface area contributed by atoms with Gasteiger partial charge >= 0.3 is 0 Å². The van der Waals surface area contributed by atoms with Crippen molar-refractivity contribution in [2.45, 2.75) is 0 Å². The minimum absolute atomic E-state index is 0.185. The molecule has 0 radical (unpaired) electrons. The molecule has 1 heterocycles. The highest BCUT2D eigenvalue weighted by atomic mass is 32.1. The van der Waals surface area contributed by atoms with Gasteiger partial charge in [-0.25, -0.2) is 4.98 Å². The zero-order valence-electron chi connectivity index (χ0n) is 11.6. The third-order valence-electron chi connectivity index (χ3n) is 3.15. The number of phenols is 1. The molecule has 0 aliphatic heterocycles. The van der Waals surface area contributed by atoms with E-state index in [-0.39, 0.29) is 5.75 Å². The van der Waals surface area contributed by atoms with E-state index in [9.17, 15) is 10.4 Å². The van der Waals surface area contributed by atoms with Gasteiger partial charge in [-0.05, 0) is 23.8 Å². The molecule has 0 aliphatic carbocycles. The third kappa shape index (κ3) is 2.90. The lowest BCUT2D eigenvalue weighted by Gasteiger charge is -1.99. The van der Waals surface area contributed by atoms with Crippen LogP contribution in [0.15, 0.2) is 60.0 Å². The van der Waals surface area contributed by atoms with Crippen LogP contribution in [-0.4, -0.2) is 10.1 Å². The molecule has 0 unspecified atom stereocenters. The van der Waals surface area contributed by atoms with Gasteiger partial charge in [0, 0.05) is 10.9 Å². The Morgan fingerprint density at radius 1 is 1.09 bits per heavy atom. The van der Waals surface area contributed by atoms with Crippen LogP contribution in [0.1, 0.15) is 10.6 Å². The summed E-state index contributed by atoms with van der Waals surface area (Å²) in [5.74, 6) is 0.185. The number of benzene rings is 2. The van der Waals surface area contributed by atoms with Gasteiger partial charge < -0.3 is 5.11 Å². The maximum atomic E-state index is 9.89. The molecule has 0 atom stereocenters. The summed E-state index contributed by atoms with van der Waals surface area (Å²) >= 11 is 1.39. The molecule has 3 aromatic rings. The van der Waals surface area contributed by atoms with E-state index in [0.29, 0.717) is 21.8 Å². The number of thiazole rings is 1. The number of phenolic OH excluding ortho intramolecular Hbond substituents is 1. The number of hydrogen-bond donors (Lipinski definition) is 1. The van der Waals surface area contributed by atoms with Crippen LogP contribution in [0.2, 0.25) is 0 Å². The van der Waals surface area contributed by atoms with Gasteiger partial charge in [-0.1, -0.05) is 42.5 Å². The zero-order valence-corrected chi connectivity index (χ0v) is 12.4. The first-order chi connectivity index (χ1) is 10.8. The summed E-state index contributed by atoms with van der Waals surface area (Å²) in [7, 11) is 0. The van der Waals surface area contributed by atoms with E-state index in [2.05, 4.69) is 11.1 Å². The second kappa shape index (κ2) is 6.25. The number of allylic oxidation sites excluding steroid dienone is 1. The lowest BCUT2D eigenvalue weighted by Crippen LogP contribution is -1.83. The second-order valence-electron chi connectivity index (χ2n) is 4.64. The molecule has 0 saturated carbocycles. The summed E-state index contributed by atoms with van der Waals surface area (Å²) < 4.78 is 0. The summed E-state index contributed by atoms with van der Waals surface area (Å²) in [5, 5.41) is 21.8. The fourth-order valence-corrected chi connectivity index (χ4v) is 2.85. The number of aromatic hydroxyl groups is 1. The first-order valence-corrected chi connectivity index (χ1v) is 7.57. The molecule has 0 amide bonds. The van der Waals surface area contributed by atoms with Gasteiger partial charge in [0.2, 0.25) is 0 Å². The van der Waals surface area contributed by atoms with E-state index in [1.165, 1.54) is 11.3 Å². The maximum Gasteiger partial charge on any atom is 0.134 e. The largest absolute Gasteiger partial charge is 0.507 e. The molecule has 0 bridgehead atoms. The molecule has 4 heteroatoms. The van der Waals surface area contributed by atoms with E-state index >= 15 is 0 Å². The molecular weight excluding hydrogens is 292 g/mol. The average molecular weight is 304 g/mol. The molecule has 22 heavy (non-hydrogen) atoms. The molecule has 0 saturated heterocycles. The summed E-state index contributed by atoms with van der Waals surface area (Å²) in [6.07, 6.45) is 1.81. The molecule has 0 fully saturated rings. The standard InChI is InChI=1S/C18H12N2OS/c19-11-14(10-13-6-2-1-3-7-13)18-20-16(12-22-18)15-8-4-5-9-17(15)21/h1-10,12,21H. The molecule has 1 N–H and O–H groups in total. The molecule has 0 aliphatic rings. The first-order valence-electron chi connectivity index (χ1n) is 6.69. The lowest BCUT2D eigenvalue weighted by molar-refractivity contribution is 0.477. The van der Waals surface area contributed by atoms with E-state index in [1.54, 1.807) is 18.2 Å². The topological polar surface area (TPSA) is 56.9 Å². The minimum Gasteiger partial charge on any atom is -0.507 e. The van der Waals surface area contributed by atoms with Crippen molar-refractivity contribution >= 4 is 23.0 Å². The van der Waals surface area contributed by atoms with Gasteiger partial charge in [-0.15, -0.1) is 11.3 Å². The third-order valence-corrected chi connectivity index (χ3v) is 4.02. The minimum atomic E-state index is 0.185. The highest BCUT2D eigenvalue weighted by Gasteiger charge is 2.11. The van der Waals surface area contributed by atoms with Crippen LogP contribution in [0.5, 0.6) is 5.75 Å². The van der Waals surface area contributed by atoms with Crippen molar-refractivity contribution in [2.24, 2.45) is 0 Å². The van der Waals surface area contributed by atoms with Gasteiger partial charge in [0.05, 0.1) is 11.3 Å². The molecule has 2 aromatic carbocycles. The number of nitriles is 1. The van der Waals surface area contributed by atoms with Crippen molar-refractivity contribution in [3.63, 3.8) is 0 Å². The second-order valence-corrected chi connectivity index (χ2v) is 5.49. The highest BCUT2D eigenvalue weighted by molar-refractivity contribution is 7.11. The van der Waals surface area contributed by atoms with E-state index < -0.39 is 0 Å². The van der Waals surface area contributed by atoms with E-state index in [4.69, 9.17) is 0 Å². The first kappa shape index (κ1) is 14.1. The van der Waals surface area contributed by atoms with E-state index in [1.807, 2.05) is 47.9 Å². The lowest BCUT2D eigenvalue weighted by atomic mass is 10.1. The highest BCUT2D eigenvalue weighted by Crippen LogP contribution is 2.31. The fraction of sp³-hybridized carbons (Fsp3) is 0. The summed E-state index contributed by atoms with van der Waals surface area (Å²) in [6.45, 7) is 0. The summed E-state index contributed by atoms with van der Waals surface area (Å²) in [5.41, 5.74) is 2.81. The van der Waals surface area contributed by atoms with Gasteiger partial charge in [-0.2, -0.15) is 5.26 Å². The zero-order chi connectivity index (χ0) is 15.4. The van der Waals surface area contributed by atoms with Crippen LogP contribution in [0.25, 0.3) is 22.9 Å². The van der Waals surface area contributed by atoms with Crippen molar-refractivity contribution < 1.29 is 5.11 Å². The molecule has 106 valence electrons. The average Bonchev–Trinajstić information content (AvgIpc) is 3.03. The molecule has 3 nitrogen and oxygen atoms in total. The van der Waals surface area contributed by atoms with Crippen LogP contribution >= 0.6 is 11.3 Å². The van der Waals surface area contributed by atoms with Gasteiger partial charge in [0.15, 0.2) is 0 Å². The Labute approximate surface area is 132 Å². The van der Waals surface area contributed by atoms with Crippen LogP contribution in [0.4, 0.5) is 0 Å². The maximum absolute atomic E-state index is 9.89.